The smallest absolute Gasteiger partial charge is 0.182 e. The Morgan fingerprint density at radius 1 is 1.53 bits per heavy atom. The van der Waals surface area contributed by atoms with E-state index in [0.29, 0.717) is 0 Å². The van der Waals surface area contributed by atoms with Gasteiger partial charge in [-0.15, -0.1) is 0 Å². The highest BCUT2D eigenvalue weighted by molar-refractivity contribution is 5.44. The Hall–Kier alpha value is -1.66. The van der Waals surface area contributed by atoms with Gasteiger partial charge in [0.1, 0.15) is 36.5 Å². The molecule has 0 radical (unpaired) electrons. The van der Waals surface area contributed by atoms with Gasteiger partial charge >= 0.3 is 0 Å². The van der Waals surface area contributed by atoms with E-state index in [0.717, 1.165) is 0 Å². The number of nitriles is 1. The van der Waals surface area contributed by atoms with Gasteiger partial charge in [0, 0.05) is 0 Å². The molecule has 8 nitrogen and oxygen atoms in total. The predicted octanol–water partition coefficient (Wildman–Crippen LogP) is -2.05. The van der Waals surface area contributed by atoms with E-state index in [1.807, 2.05) is 0 Å². The molecule has 1 aliphatic rings. The molecular formula is C9H12N4O4. The van der Waals surface area contributed by atoms with E-state index >= 15 is 0 Å². The number of nitrogens with zero attached hydrogens (tertiary/aromatic N) is 3. The van der Waals surface area contributed by atoms with E-state index in [9.17, 15) is 10.2 Å². The maximum Gasteiger partial charge on any atom is 0.182 e. The van der Waals surface area contributed by atoms with Gasteiger partial charge in [-0.3, -0.25) is 4.57 Å². The van der Waals surface area contributed by atoms with Crippen LogP contribution in [0.3, 0.4) is 0 Å². The van der Waals surface area contributed by atoms with Crippen molar-refractivity contribution < 1.29 is 20.1 Å². The average Bonchev–Trinajstić information content (AvgIpc) is 2.82. The first-order valence-corrected chi connectivity index (χ1v) is 4.95. The average molecular weight is 240 g/mol. The summed E-state index contributed by atoms with van der Waals surface area (Å²) in [5.41, 5.74) is 5.65. The number of nitrogen functional groups attached to an aromatic ring is 1. The molecule has 4 atom stereocenters. The fraction of sp³-hybridized carbons (Fsp3) is 0.556. The molecule has 1 aromatic heterocycles. The zero-order valence-corrected chi connectivity index (χ0v) is 8.76. The summed E-state index contributed by atoms with van der Waals surface area (Å²) in [7, 11) is 0. The van der Waals surface area contributed by atoms with Crippen LogP contribution < -0.4 is 5.73 Å². The van der Waals surface area contributed by atoms with Crippen LogP contribution >= 0.6 is 0 Å². The molecule has 1 saturated heterocycles. The maximum atomic E-state index is 9.75. The molecule has 0 spiro atoms. The number of imidazole rings is 1. The molecule has 0 aliphatic carbocycles. The van der Waals surface area contributed by atoms with Gasteiger partial charge in [0.2, 0.25) is 0 Å². The molecule has 17 heavy (non-hydrogen) atoms. The van der Waals surface area contributed by atoms with E-state index in [-0.39, 0.29) is 11.5 Å². The minimum atomic E-state index is -1.24. The lowest BCUT2D eigenvalue weighted by atomic mass is 10.1. The highest BCUT2D eigenvalue weighted by Crippen LogP contribution is 2.31. The third-order valence-corrected chi connectivity index (χ3v) is 2.73. The topological polar surface area (TPSA) is 138 Å². The first kappa shape index (κ1) is 11.8. The molecule has 2 rings (SSSR count). The SMILES string of the molecule is N#Cc1ncn([C@@H]2O[C@@H](CO)[C@@H](O)[C@@H]2O)c1N. The summed E-state index contributed by atoms with van der Waals surface area (Å²) in [5, 5.41) is 36.9. The van der Waals surface area contributed by atoms with E-state index in [1.165, 1.54) is 10.9 Å². The molecule has 0 aromatic carbocycles. The van der Waals surface area contributed by atoms with Crippen molar-refractivity contribution in [3.8, 4) is 6.07 Å². The van der Waals surface area contributed by atoms with Crippen LogP contribution in [0.15, 0.2) is 6.33 Å². The number of nitrogens with two attached hydrogens (primary N) is 1. The van der Waals surface area contributed by atoms with Gasteiger partial charge in [-0.1, -0.05) is 0 Å². The Morgan fingerprint density at radius 2 is 2.24 bits per heavy atom. The van der Waals surface area contributed by atoms with Crippen molar-refractivity contribution in [2.45, 2.75) is 24.5 Å². The van der Waals surface area contributed by atoms with Crippen LogP contribution in [0.1, 0.15) is 11.9 Å². The molecule has 92 valence electrons. The molecule has 1 aromatic rings. The van der Waals surface area contributed by atoms with Gasteiger partial charge in [-0.25, -0.2) is 4.98 Å². The van der Waals surface area contributed by atoms with Crippen LogP contribution in [0.4, 0.5) is 5.82 Å². The van der Waals surface area contributed by atoms with Crippen LogP contribution in [0.5, 0.6) is 0 Å². The normalized spacial score (nSPS) is 32.6. The maximum absolute atomic E-state index is 9.75. The zero-order chi connectivity index (χ0) is 12.6. The van der Waals surface area contributed by atoms with Crippen molar-refractivity contribution in [2.24, 2.45) is 0 Å². The lowest BCUT2D eigenvalue weighted by Gasteiger charge is -2.17. The Balaban J connectivity index is 2.29. The monoisotopic (exact) mass is 240 g/mol. The van der Waals surface area contributed by atoms with Gasteiger partial charge in [0.05, 0.1) is 6.61 Å². The Kier molecular flexibility index (Phi) is 2.99. The number of hydrogen-bond acceptors (Lipinski definition) is 7. The molecule has 0 bridgehead atoms. The number of rotatable bonds is 2. The van der Waals surface area contributed by atoms with E-state index in [1.54, 1.807) is 6.07 Å². The second-order valence-corrected chi connectivity index (χ2v) is 3.73. The standard InChI is InChI=1S/C9H12N4O4/c10-1-4-8(11)13(3-12-4)9-7(16)6(15)5(2-14)17-9/h3,5-7,9,14-16H,2,11H2/t5-,6+,7-,9+/m0/s1. The molecular weight excluding hydrogens is 228 g/mol. The summed E-state index contributed by atoms with van der Waals surface area (Å²) in [6.45, 7) is -0.422. The van der Waals surface area contributed by atoms with Crippen LogP contribution in [0.25, 0.3) is 0 Å². The van der Waals surface area contributed by atoms with Crippen LogP contribution in [0.2, 0.25) is 0 Å². The van der Waals surface area contributed by atoms with Crippen molar-refractivity contribution in [2.75, 3.05) is 12.3 Å². The molecule has 8 heteroatoms. The highest BCUT2D eigenvalue weighted by atomic mass is 16.6. The molecule has 1 aliphatic heterocycles. The number of aliphatic hydroxyl groups is 3. The molecule has 2 heterocycles. The highest BCUT2D eigenvalue weighted by Gasteiger charge is 2.44. The molecule has 5 N–H and O–H groups in total. The molecule has 0 unspecified atom stereocenters. The van der Waals surface area contributed by atoms with Gasteiger partial charge < -0.3 is 25.8 Å². The Bertz CT molecular complexity index is 454. The lowest BCUT2D eigenvalue weighted by molar-refractivity contribution is -0.0518. The lowest BCUT2D eigenvalue weighted by Crippen LogP contribution is -2.33. The van der Waals surface area contributed by atoms with Crippen molar-refractivity contribution >= 4 is 5.82 Å². The molecule has 1 fully saturated rings. The van der Waals surface area contributed by atoms with Crippen molar-refractivity contribution in [1.82, 2.24) is 9.55 Å². The number of ether oxygens (including phenoxy) is 1. The second kappa shape index (κ2) is 4.31. The first-order valence-electron chi connectivity index (χ1n) is 4.95. The number of aromatic nitrogens is 2. The van der Waals surface area contributed by atoms with Crippen LogP contribution in [-0.4, -0.2) is 49.8 Å². The van der Waals surface area contributed by atoms with Crippen molar-refractivity contribution in [3.05, 3.63) is 12.0 Å². The minimum absolute atomic E-state index is 0.0164. The van der Waals surface area contributed by atoms with Crippen LogP contribution in [0, 0.1) is 11.3 Å². The summed E-state index contributed by atoms with van der Waals surface area (Å²) < 4.78 is 6.50. The summed E-state index contributed by atoms with van der Waals surface area (Å²) in [5.74, 6) is 0.0438. The van der Waals surface area contributed by atoms with Crippen molar-refractivity contribution in [1.29, 1.82) is 5.26 Å². The third-order valence-electron chi connectivity index (χ3n) is 2.73. The number of anilines is 1. The predicted molar refractivity (Wildman–Crippen MR) is 54.4 cm³/mol. The number of aliphatic hydroxyl groups excluding tert-OH is 3. The Labute approximate surface area is 96.5 Å². The van der Waals surface area contributed by atoms with E-state index in [2.05, 4.69) is 4.98 Å². The van der Waals surface area contributed by atoms with E-state index < -0.39 is 31.1 Å². The van der Waals surface area contributed by atoms with E-state index in [4.69, 9.17) is 20.8 Å². The second-order valence-electron chi connectivity index (χ2n) is 3.73. The summed E-state index contributed by atoms with van der Waals surface area (Å²) in [4.78, 5) is 3.73. The fourth-order valence-electron chi connectivity index (χ4n) is 1.77. The number of hydrogen-bond donors (Lipinski definition) is 4. The largest absolute Gasteiger partial charge is 0.394 e. The summed E-state index contributed by atoms with van der Waals surface area (Å²) in [6, 6.07) is 1.78. The summed E-state index contributed by atoms with van der Waals surface area (Å²) in [6.07, 6.45) is -3.06. The fourth-order valence-corrected chi connectivity index (χ4v) is 1.77. The van der Waals surface area contributed by atoms with Gasteiger partial charge in [0.25, 0.3) is 0 Å². The molecule has 0 saturated carbocycles. The quantitative estimate of drug-likeness (QED) is 0.466. The third kappa shape index (κ3) is 1.75. The summed E-state index contributed by atoms with van der Waals surface area (Å²) >= 11 is 0. The first-order chi connectivity index (χ1) is 8.10. The van der Waals surface area contributed by atoms with Gasteiger partial charge in [-0.05, 0) is 0 Å². The van der Waals surface area contributed by atoms with Gasteiger partial charge in [0.15, 0.2) is 11.9 Å². The minimum Gasteiger partial charge on any atom is -0.394 e. The van der Waals surface area contributed by atoms with Gasteiger partial charge in [-0.2, -0.15) is 5.26 Å². The molecule has 0 amide bonds. The zero-order valence-electron chi connectivity index (χ0n) is 8.76. The Morgan fingerprint density at radius 3 is 2.71 bits per heavy atom. The van der Waals surface area contributed by atoms with Crippen LogP contribution in [-0.2, 0) is 4.74 Å². The van der Waals surface area contributed by atoms with Crippen molar-refractivity contribution in [3.63, 3.8) is 0 Å².